The number of ether oxygens (including phenoxy) is 2. The molecule has 0 atom stereocenters. The Bertz CT molecular complexity index is 1070. The van der Waals surface area contributed by atoms with Crippen molar-refractivity contribution in [2.45, 2.75) is 0 Å². The van der Waals surface area contributed by atoms with E-state index in [1.807, 2.05) is 0 Å². The van der Waals surface area contributed by atoms with Crippen molar-refractivity contribution in [2.24, 2.45) is 0 Å². The number of thioether (sulfide) groups is 1. The highest BCUT2D eigenvalue weighted by molar-refractivity contribution is 8.18. The second-order valence-electron chi connectivity index (χ2n) is 6.34. The number of hydrogen-bond acceptors (Lipinski definition) is 6. The molecule has 0 aromatic heterocycles. The van der Waals surface area contributed by atoms with E-state index in [1.54, 1.807) is 54.6 Å². The molecular weight excluding hydrogens is 440 g/mol. The zero-order valence-corrected chi connectivity index (χ0v) is 18.2. The van der Waals surface area contributed by atoms with Crippen LogP contribution in [0.25, 0.3) is 6.08 Å². The van der Waals surface area contributed by atoms with Gasteiger partial charge in [-0.15, -0.1) is 0 Å². The van der Waals surface area contributed by atoms with Crippen LogP contribution in [0.2, 0.25) is 5.02 Å². The molecule has 0 saturated carbocycles. The van der Waals surface area contributed by atoms with Crippen molar-refractivity contribution in [1.29, 1.82) is 0 Å². The predicted molar refractivity (Wildman–Crippen MR) is 121 cm³/mol. The van der Waals surface area contributed by atoms with Crippen LogP contribution < -0.4 is 14.8 Å². The Morgan fingerprint density at radius 2 is 2.03 bits per heavy atom. The Labute approximate surface area is 188 Å². The van der Waals surface area contributed by atoms with E-state index in [2.05, 4.69) is 11.9 Å². The third-order valence-electron chi connectivity index (χ3n) is 4.13. The summed E-state index contributed by atoms with van der Waals surface area (Å²) in [6.45, 7) is 3.53. The molecule has 31 heavy (non-hydrogen) atoms. The average molecular weight is 459 g/mol. The van der Waals surface area contributed by atoms with Crippen LogP contribution in [0, 0.1) is 0 Å². The maximum Gasteiger partial charge on any atom is 0.294 e. The minimum Gasteiger partial charge on any atom is -0.493 e. The smallest absolute Gasteiger partial charge is 0.294 e. The summed E-state index contributed by atoms with van der Waals surface area (Å²) in [7, 11) is 1.51. The molecule has 2 aromatic rings. The molecule has 160 valence electrons. The zero-order valence-electron chi connectivity index (χ0n) is 16.6. The average Bonchev–Trinajstić information content (AvgIpc) is 3.00. The van der Waals surface area contributed by atoms with Gasteiger partial charge in [-0.25, -0.2) is 0 Å². The van der Waals surface area contributed by atoms with E-state index in [-0.39, 0.29) is 4.91 Å². The maximum absolute atomic E-state index is 12.7. The maximum atomic E-state index is 12.7. The van der Waals surface area contributed by atoms with Crippen LogP contribution in [0.5, 0.6) is 11.5 Å². The molecule has 1 saturated heterocycles. The first-order valence-electron chi connectivity index (χ1n) is 9.14. The van der Waals surface area contributed by atoms with Gasteiger partial charge in [-0.05, 0) is 53.7 Å². The second-order valence-corrected chi connectivity index (χ2v) is 7.77. The van der Waals surface area contributed by atoms with E-state index in [9.17, 15) is 14.4 Å². The highest BCUT2D eigenvalue weighted by Gasteiger charge is 2.36. The lowest BCUT2D eigenvalue weighted by molar-refractivity contribution is -0.127. The summed E-state index contributed by atoms with van der Waals surface area (Å²) < 4.78 is 10.8. The topological polar surface area (TPSA) is 84.9 Å². The number of methoxy groups -OCH3 is 1. The van der Waals surface area contributed by atoms with Gasteiger partial charge in [0, 0.05) is 10.7 Å². The van der Waals surface area contributed by atoms with Gasteiger partial charge in [0.1, 0.15) is 13.2 Å². The van der Waals surface area contributed by atoms with Crippen LogP contribution in [-0.2, 0) is 9.59 Å². The minimum atomic E-state index is -0.540. The Morgan fingerprint density at radius 1 is 1.23 bits per heavy atom. The van der Waals surface area contributed by atoms with Gasteiger partial charge in [0.25, 0.3) is 11.1 Å². The third kappa shape index (κ3) is 5.68. The van der Waals surface area contributed by atoms with E-state index < -0.39 is 23.6 Å². The van der Waals surface area contributed by atoms with Crippen molar-refractivity contribution in [3.63, 3.8) is 0 Å². The van der Waals surface area contributed by atoms with Crippen LogP contribution in [0.1, 0.15) is 5.56 Å². The van der Waals surface area contributed by atoms with E-state index in [0.29, 0.717) is 34.4 Å². The number of anilines is 1. The quantitative estimate of drug-likeness (QED) is 0.460. The molecule has 0 aliphatic carbocycles. The van der Waals surface area contributed by atoms with E-state index in [4.69, 9.17) is 21.1 Å². The summed E-state index contributed by atoms with van der Waals surface area (Å²) in [4.78, 5) is 38.4. The van der Waals surface area contributed by atoms with Crippen LogP contribution in [0.4, 0.5) is 10.5 Å². The molecule has 1 aliphatic rings. The molecule has 0 unspecified atom stereocenters. The normalized spacial score (nSPS) is 14.6. The molecule has 0 spiro atoms. The number of benzene rings is 2. The van der Waals surface area contributed by atoms with Crippen molar-refractivity contribution in [3.05, 3.63) is 70.6 Å². The van der Waals surface area contributed by atoms with Crippen LogP contribution in [0.3, 0.4) is 0 Å². The first-order valence-corrected chi connectivity index (χ1v) is 10.3. The Kier molecular flexibility index (Phi) is 7.38. The second kappa shape index (κ2) is 10.2. The summed E-state index contributed by atoms with van der Waals surface area (Å²) >= 11 is 6.67. The summed E-state index contributed by atoms with van der Waals surface area (Å²) in [5.41, 5.74) is 1.13. The van der Waals surface area contributed by atoms with Gasteiger partial charge < -0.3 is 14.8 Å². The molecule has 2 aromatic carbocycles. The number of hydrogen-bond donors (Lipinski definition) is 1. The van der Waals surface area contributed by atoms with E-state index >= 15 is 0 Å². The number of halogens is 1. The van der Waals surface area contributed by atoms with Gasteiger partial charge in [0.05, 0.1) is 12.0 Å². The number of amides is 3. The number of imide groups is 1. The van der Waals surface area contributed by atoms with Crippen LogP contribution in [0.15, 0.2) is 60.0 Å². The molecule has 9 heteroatoms. The lowest BCUT2D eigenvalue weighted by Crippen LogP contribution is -2.36. The summed E-state index contributed by atoms with van der Waals surface area (Å²) in [5.74, 6) is -0.0283. The molecule has 3 amide bonds. The van der Waals surface area contributed by atoms with Gasteiger partial charge in [0.2, 0.25) is 5.91 Å². The van der Waals surface area contributed by atoms with Crippen molar-refractivity contribution in [1.82, 2.24) is 4.90 Å². The van der Waals surface area contributed by atoms with Crippen LogP contribution in [-0.4, -0.2) is 42.2 Å². The molecule has 7 nitrogen and oxygen atoms in total. The zero-order chi connectivity index (χ0) is 22.4. The van der Waals surface area contributed by atoms with Gasteiger partial charge in [-0.3, -0.25) is 19.3 Å². The fraction of sp³-hybridized carbons (Fsp3) is 0.136. The highest BCUT2D eigenvalue weighted by Crippen LogP contribution is 2.34. The minimum absolute atomic E-state index is 0.211. The lowest BCUT2D eigenvalue weighted by Gasteiger charge is -2.12. The van der Waals surface area contributed by atoms with Gasteiger partial charge in [-0.2, -0.15) is 0 Å². The van der Waals surface area contributed by atoms with Gasteiger partial charge in [0.15, 0.2) is 11.5 Å². The van der Waals surface area contributed by atoms with Crippen LogP contribution >= 0.6 is 23.4 Å². The first kappa shape index (κ1) is 22.5. The molecule has 1 aliphatic heterocycles. The van der Waals surface area contributed by atoms with E-state index in [0.717, 1.165) is 16.7 Å². The predicted octanol–water partition coefficient (Wildman–Crippen LogP) is 4.59. The molecule has 0 radical (unpaired) electrons. The monoisotopic (exact) mass is 458 g/mol. The van der Waals surface area contributed by atoms with Gasteiger partial charge >= 0.3 is 0 Å². The number of rotatable bonds is 8. The fourth-order valence-electron chi connectivity index (χ4n) is 2.74. The SMILES string of the molecule is C=CCOc1ccc(/C=C2/SC(=O)N(CC(=O)Nc3cccc(Cl)c3)C2=O)cc1OC. The third-order valence-corrected chi connectivity index (χ3v) is 5.27. The Hall–Kier alpha value is -3.23. The largest absolute Gasteiger partial charge is 0.493 e. The van der Waals surface area contributed by atoms with Crippen molar-refractivity contribution < 1.29 is 23.9 Å². The van der Waals surface area contributed by atoms with Crippen molar-refractivity contribution in [2.75, 3.05) is 25.6 Å². The molecule has 0 bridgehead atoms. The van der Waals surface area contributed by atoms with Crippen molar-refractivity contribution >= 4 is 52.2 Å². The molecular formula is C22H19ClN2O5S. The standard InChI is InChI=1S/C22H19ClN2O5S/c1-3-9-30-17-8-7-14(10-18(17)29-2)11-19-21(27)25(22(28)31-19)13-20(26)24-16-6-4-5-15(23)12-16/h3-8,10-12H,1,9,13H2,2H3,(H,24,26)/b19-11+. The Balaban J connectivity index is 1.71. The number of carbonyl (C=O) groups excluding carboxylic acids is 3. The summed E-state index contributed by atoms with van der Waals surface area (Å²) in [6.07, 6.45) is 3.19. The lowest BCUT2D eigenvalue weighted by atomic mass is 10.2. The number of nitrogens with one attached hydrogen (secondary N) is 1. The fourth-order valence-corrected chi connectivity index (χ4v) is 3.77. The molecule has 1 fully saturated rings. The molecule has 3 rings (SSSR count). The Morgan fingerprint density at radius 3 is 2.74 bits per heavy atom. The first-order chi connectivity index (χ1) is 14.9. The molecule has 1 heterocycles. The van der Waals surface area contributed by atoms with Crippen molar-refractivity contribution in [3.8, 4) is 11.5 Å². The van der Waals surface area contributed by atoms with Gasteiger partial charge in [-0.1, -0.05) is 36.4 Å². The summed E-state index contributed by atoms with van der Waals surface area (Å²) in [6, 6.07) is 11.7. The molecule has 1 N–H and O–H groups in total. The van der Waals surface area contributed by atoms with E-state index in [1.165, 1.54) is 7.11 Å². The number of nitrogens with zero attached hydrogens (tertiary/aromatic N) is 1. The highest BCUT2D eigenvalue weighted by atomic mass is 35.5. The number of carbonyl (C=O) groups is 3. The summed E-state index contributed by atoms with van der Waals surface area (Å²) in [5, 5.41) is 2.56.